The van der Waals surface area contributed by atoms with Crippen LogP contribution in [-0.2, 0) is 9.53 Å². The lowest BCUT2D eigenvalue weighted by molar-refractivity contribution is -0.119. The van der Waals surface area contributed by atoms with Gasteiger partial charge in [0.15, 0.2) is 12.4 Å². The van der Waals surface area contributed by atoms with E-state index in [4.69, 9.17) is 9.84 Å². The summed E-state index contributed by atoms with van der Waals surface area (Å²) in [6, 6.07) is 13.2. The number of Topliss-reactive ketones (excluding diaryl/α,β-unsaturated/α-hetero) is 1. The highest BCUT2D eigenvalue weighted by Gasteiger charge is 2.15. The number of hydrogen-bond donors (Lipinski definition) is 3. The van der Waals surface area contributed by atoms with E-state index in [1.165, 1.54) is 6.92 Å². The van der Waals surface area contributed by atoms with Crippen molar-refractivity contribution in [3.05, 3.63) is 59.7 Å². The molecule has 0 fully saturated rings. The Morgan fingerprint density at radius 1 is 0.962 bits per heavy atom. The van der Waals surface area contributed by atoms with Crippen LogP contribution in [0, 0.1) is 0 Å². The van der Waals surface area contributed by atoms with Crippen LogP contribution in [0.2, 0.25) is 0 Å². The molecular formula is C19H20N2O5. The molecule has 2 aromatic rings. The second-order valence-corrected chi connectivity index (χ2v) is 5.42. The molecule has 0 saturated heterocycles. The zero-order valence-electron chi connectivity index (χ0n) is 14.3. The van der Waals surface area contributed by atoms with Gasteiger partial charge >= 0.3 is 5.97 Å². The highest BCUT2D eigenvalue weighted by atomic mass is 16.5. The van der Waals surface area contributed by atoms with Gasteiger partial charge in [-0.15, -0.1) is 0 Å². The molecule has 136 valence electrons. The van der Waals surface area contributed by atoms with Crippen molar-refractivity contribution in [3.63, 3.8) is 0 Å². The molecule has 0 heterocycles. The molecule has 0 unspecified atom stereocenters. The predicted octanol–water partition coefficient (Wildman–Crippen LogP) is 2.09. The molecule has 0 radical (unpaired) electrons. The van der Waals surface area contributed by atoms with E-state index >= 15 is 0 Å². The zero-order valence-corrected chi connectivity index (χ0v) is 14.3. The summed E-state index contributed by atoms with van der Waals surface area (Å²) in [5, 5.41) is 14.3. The van der Waals surface area contributed by atoms with Gasteiger partial charge in [0.25, 0.3) is 5.91 Å². The molecule has 3 N–H and O–H groups in total. The largest absolute Gasteiger partial charge is 0.452 e. The number of hydrogen-bond acceptors (Lipinski definition) is 6. The first kappa shape index (κ1) is 19.1. The van der Waals surface area contributed by atoms with E-state index in [0.717, 1.165) is 0 Å². The number of ether oxygens (including phenoxy) is 1. The maximum atomic E-state index is 12.2. The van der Waals surface area contributed by atoms with Crippen LogP contribution >= 0.6 is 0 Å². The normalized spacial score (nSPS) is 10.1. The van der Waals surface area contributed by atoms with Crippen LogP contribution in [0.15, 0.2) is 48.5 Å². The minimum atomic E-state index is -0.666. The Morgan fingerprint density at radius 2 is 1.58 bits per heavy atom. The molecule has 2 rings (SSSR count). The van der Waals surface area contributed by atoms with Crippen molar-refractivity contribution in [2.24, 2.45) is 0 Å². The number of para-hydroxylation sites is 2. The van der Waals surface area contributed by atoms with Gasteiger partial charge in [0.2, 0.25) is 0 Å². The van der Waals surface area contributed by atoms with Crippen molar-refractivity contribution in [1.29, 1.82) is 0 Å². The van der Waals surface area contributed by atoms with Gasteiger partial charge in [-0.05, 0) is 31.2 Å². The molecule has 0 aliphatic carbocycles. The van der Waals surface area contributed by atoms with Crippen molar-refractivity contribution in [2.75, 3.05) is 30.4 Å². The summed E-state index contributed by atoms with van der Waals surface area (Å²) < 4.78 is 5.04. The Kier molecular flexibility index (Phi) is 6.87. The Bertz CT molecular complexity index is 804. The number of carbonyl (C=O) groups excluding carboxylic acids is 3. The molecule has 0 spiro atoms. The molecule has 7 nitrogen and oxygen atoms in total. The van der Waals surface area contributed by atoms with Crippen LogP contribution < -0.4 is 10.6 Å². The van der Waals surface area contributed by atoms with E-state index in [2.05, 4.69) is 10.6 Å². The molecule has 2 aromatic carbocycles. The third-order valence-electron chi connectivity index (χ3n) is 3.49. The smallest absolute Gasteiger partial charge is 0.340 e. The number of benzene rings is 2. The van der Waals surface area contributed by atoms with Crippen molar-refractivity contribution in [3.8, 4) is 0 Å². The average molecular weight is 356 g/mol. The monoisotopic (exact) mass is 356 g/mol. The molecule has 0 atom stereocenters. The molecule has 26 heavy (non-hydrogen) atoms. The second-order valence-electron chi connectivity index (χ2n) is 5.42. The van der Waals surface area contributed by atoms with E-state index in [0.29, 0.717) is 16.9 Å². The average Bonchev–Trinajstić information content (AvgIpc) is 2.65. The van der Waals surface area contributed by atoms with E-state index in [1.807, 2.05) is 0 Å². The van der Waals surface area contributed by atoms with Crippen LogP contribution in [0.4, 0.5) is 11.4 Å². The minimum Gasteiger partial charge on any atom is -0.452 e. The van der Waals surface area contributed by atoms with Gasteiger partial charge < -0.3 is 20.5 Å². The lowest BCUT2D eigenvalue weighted by Gasteiger charge is -2.12. The number of carbonyl (C=O) groups is 3. The summed E-state index contributed by atoms with van der Waals surface area (Å²) in [6.45, 7) is 1.12. The number of ketones is 1. The van der Waals surface area contributed by atoms with Crippen LogP contribution in [-0.4, -0.2) is 42.5 Å². The zero-order chi connectivity index (χ0) is 18.9. The van der Waals surface area contributed by atoms with Gasteiger partial charge in [0.1, 0.15) is 0 Å². The van der Waals surface area contributed by atoms with Crippen molar-refractivity contribution >= 4 is 29.0 Å². The van der Waals surface area contributed by atoms with Crippen LogP contribution in [0.5, 0.6) is 0 Å². The van der Waals surface area contributed by atoms with Crippen LogP contribution in [0.25, 0.3) is 0 Å². The van der Waals surface area contributed by atoms with Crippen molar-refractivity contribution in [1.82, 2.24) is 0 Å². The third kappa shape index (κ3) is 5.15. The van der Waals surface area contributed by atoms with Gasteiger partial charge in [0.05, 0.1) is 17.9 Å². The molecular weight excluding hydrogens is 336 g/mol. The third-order valence-corrected chi connectivity index (χ3v) is 3.49. The van der Waals surface area contributed by atoms with E-state index in [1.54, 1.807) is 48.5 Å². The number of aliphatic hydroxyl groups is 1. The number of esters is 1. The molecule has 0 aliphatic heterocycles. The summed E-state index contributed by atoms with van der Waals surface area (Å²) >= 11 is 0. The summed E-state index contributed by atoms with van der Waals surface area (Å²) in [7, 11) is 0. The lowest BCUT2D eigenvalue weighted by atomic mass is 10.1. The number of rotatable bonds is 8. The Labute approximate surface area is 151 Å². The molecule has 0 aromatic heterocycles. The summed E-state index contributed by atoms with van der Waals surface area (Å²) in [4.78, 5) is 35.8. The van der Waals surface area contributed by atoms with E-state index in [9.17, 15) is 14.4 Å². The first-order chi connectivity index (χ1) is 12.5. The van der Waals surface area contributed by atoms with E-state index < -0.39 is 18.5 Å². The molecule has 0 bridgehead atoms. The fourth-order valence-electron chi connectivity index (χ4n) is 2.30. The first-order valence-corrected chi connectivity index (χ1v) is 8.03. The number of anilines is 2. The topological polar surface area (TPSA) is 105 Å². The van der Waals surface area contributed by atoms with E-state index in [-0.39, 0.29) is 24.5 Å². The standard InChI is InChI=1S/C19H20N2O5/c1-13(23)14-6-2-5-9-17(14)21-18(24)12-26-19(25)15-7-3-4-8-16(15)20-10-11-22/h2-9,20,22H,10-12H2,1H3,(H,21,24). The molecule has 1 amide bonds. The number of amides is 1. The van der Waals surface area contributed by atoms with Gasteiger partial charge in [0, 0.05) is 17.8 Å². The minimum absolute atomic E-state index is 0.0820. The van der Waals surface area contributed by atoms with Crippen molar-refractivity contribution in [2.45, 2.75) is 6.92 Å². The fraction of sp³-hybridized carbons (Fsp3) is 0.211. The van der Waals surface area contributed by atoms with Gasteiger partial charge in [-0.2, -0.15) is 0 Å². The maximum absolute atomic E-state index is 12.2. The number of nitrogens with one attached hydrogen (secondary N) is 2. The Balaban J connectivity index is 1.98. The summed E-state index contributed by atoms with van der Waals surface area (Å²) in [5.41, 5.74) is 1.52. The fourth-order valence-corrected chi connectivity index (χ4v) is 2.30. The van der Waals surface area contributed by atoms with Gasteiger partial charge in [-0.1, -0.05) is 24.3 Å². The molecule has 0 aliphatic rings. The highest BCUT2D eigenvalue weighted by Crippen LogP contribution is 2.17. The van der Waals surface area contributed by atoms with Crippen LogP contribution in [0.1, 0.15) is 27.6 Å². The second kappa shape index (κ2) is 9.33. The van der Waals surface area contributed by atoms with Crippen LogP contribution in [0.3, 0.4) is 0 Å². The first-order valence-electron chi connectivity index (χ1n) is 8.03. The highest BCUT2D eigenvalue weighted by molar-refractivity contribution is 6.04. The van der Waals surface area contributed by atoms with Gasteiger partial charge in [-0.25, -0.2) is 4.79 Å². The maximum Gasteiger partial charge on any atom is 0.340 e. The SMILES string of the molecule is CC(=O)c1ccccc1NC(=O)COC(=O)c1ccccc1NCCO. The Hall–Kier alpha value is -3.19. The van der Waals surface area contributed by atoms with Gasteiger partial charge in [-0.3, -0.25) is 9.59 Å². The number of aliphatic hydroxyl groups excluding tert-OH is 1. The summed E-state index contributed by atoms with van der Waals surface area (Å²) in [5.74, 6) is -1.39. The lowest BCUT2D eigenvalue weighted by Crippen LogP contribution is -2.22. The van der Waals surface area contributed by atoms with Crippen molar-refractivity contribution < 1.29 is 24.2 Å². The molecule has 0 saturated carbocycles. The predicted molar refractivity (Wildman–Crippen MR) is 97.4 cm³/mol. The molecule has 7 heteroatoms. The Morgan fingerprint density at radius 3 is 2.23 bits per heavy atom. The summed E-state index contributed by atoms with van der Waals surface area (Å²) in [6.07, 6.45) is 0. The quantitative estimate of drug-likeness (QED) is 0.494.